The van der Waals surface area contributed by atoms with Gasteiger partial charge in [-0.25, -0.2) is 8.99 Å². The lowest BCUT2D eigenvalue weighted by Crippen LogP contribution is -1.79. The minimum Gasteiger partial charge on any atom is -0.241 e. The molecule has 0 heterocycles. The van der Waals surface area contributed by atoms with Crippen LogP contribution >= 0.6 is 0 Å². The number of nitrogens with one attached hydrogen (secondary N) is 1. The maximum Gasteiger partial charge on any atom is 0.216 e. The van der Waals surface area contributed by atoms with Crippen molar-refractivity contribution in [3.8, 4) is 0 Å². The molecule has 0 saturated carbocycles. The molecule has 0 spiro atoms. The van der Waals surface area contributed by atoms with E-state index < -0.39 is 10.1 Å². The number of rotatable bonds is 2. The van der Waals surface area contributed by atoms with Crippen LogP contribution in [0.1, 0.15) is 0 Å². The number of nitrogens with zero attached hydrogens (tertiary/aromatic N) is 6. The third-order valence-corrected chi connectivity index (χ3v) is 0.883. The Balaban J connectivity index is 4.84. The SMILES string of the molecule is [N-]=[N+]=NS(=N)(=O)N=[N+]=[N-]. The molecule has 0 amide bonds. The Bertz CT molecular complexity index is 246. The van der Waals surface area contributed by atoms with Crippen LogP contribution in [0.25, 0.3) is 20.9 Å². The average Bonchev–Trinajstić information content (AvgIpc) is 1.64. The molecule has 0 aromatic rings. The Morgan fingerprint density at radius 3 is 1.89 bits per heavy atom. The number of hydrogen-bond donors (Lipinski definition) is 1. The lowest BCUT2D eigenvalue weighted by Gasteiger charge is -1.78. The van der Waals surface area contributed by atoms with Crippen LogP contribution < -0.4 is 0 Å². The van der Waals surface area contributed by atoms with Crippen LogP contribution in [0.15, 0.2) is 9.04 Å². The maximum atomic E-state index is 10.2. The molecule has 1 N–H and O–H groups in total. The number of azide groups is 1. The van der Waals surface area contributed by atoms with E-state index in [1.54, 1.807) is 0 Å². The van der Waals surface area contributed by atoms with Gasteiger partial charge in [-0.15, -0.1) is 0 Å². The molecule has 0 aliphatic carbocycles. The second kappa shape index (κ2) is 2.78. The average molecular weight is 147 g/mol. The van der Waals surface area contributed by atoms with Crippen molar-refractivity contribution >= 4 is 10.1 Å². The molecule has 0 aliphatic heterocycles. The summed E-state index contributed by atoms with van der Waals surface area (Å²) >= 11 is 0. The van der Waals surface area contributed by atoms with Gasteiger partial charge in [0.25, 0.3) is 0 Å². The molecule has 0 aromatic heterocycles. The molecule has 0 bridgehead atoms. The summed E-state index contributed by atoms with van der Waals surface area (Å²) in [4.78, 5) is 4.05. The second-order valence-corrected chi connectivity index (χ2v) is 2.16. The third kappa shape index (κ3) is 3.18. The fraction of sp³-hybridized carbons (Fsp3) is 0. The molecule has 0 aliphatic rings. The standard InChI is InChI=1S/HN7OS/c1-4-6-9(3,8)7-5-2/h3H. The van der Waals surface area contributed by atoms with Gasteiger partial charge in [0.2, 0.25) is 10.1 Å². The molecule has 0 unspecified atom stereocenters. The van der Waals surface area contributed by atoms with Crippen molar-refractivity contribution < 1.29 is 4.21 Å². The van der Waals surface area contributed by atoms with Crippen LogP contribution in [0.5, 0.6) is 0 Å². The van der Waals surface area contributed by atoms with Crippen LogP contribution in [0.3, 0.4) is 0 Å². The molecule has 0 aromatic carbocycles. The first-order chi connectivity index (χ1) is 4.12. The zero-order valence-corrected chi connectivity index (χ0v) is 4.82. The summed E-state index contributed by atoms with van der Waals surface area (Å²) in [7, 11) is -3.77. The highest BCUT2D eigenvalue weighted by molar-refractivity contribution is 7.89. The third-order valence-electron chi connectivity index (χ3n) is 0.294. The van der Waals surface area contributed by atoms with E-state index in [0.717, 1.165) is 0 Å². The Morgan fingerprint density at radius 2 is 1.67 bits per heavy atom. The van der Waals surface area contributed by atoms with E-state index in [4.69, 9.17) is 15.8 Å². The molecule has 0 rings (SSSR count). The van der Waals surface area contributed by atoms with Gasteiger partial charge in [-0.1, -0.05) is 0 Å². The Morgan fingerprint density at radius 1 is 1.33 bits per heavy atom. The minimum absolute atomic E-state index is 2.02. The first-order valence-electron chi connectivity index (χ1n) is 1.54. The quantitative estimate of drug-likeness (QED) is 0.352. The molecule has 9 heteroatoms. The van der Waals surface area contributed by atoms with E-state index in [0.29, 0.717) is 0 Å². The molecule has 0 atom stereocenters. The topological polar surface area (TPSA) is 138 Å². The molecule has 48 valence electrons. The van der Waals surface area contributed by atoms with Crippen molar-refractivity contribution in [1.82, 2.24) is 0 Å². The van der Waals surface area contributed by atoms with Crippen molar-refractivity contribution in [3.63, 3.8) is 0 Å². The lowest BCUT2D eigenvalue weighted by atomic mass is 13.0. The van der Waals surface area contributed by atoms with Gasteiger partial charge in [0, 0.05) is 18.9 Å². The molecule has 9 heavy (non-hydrogen) atoms. The molecule has 0 fully saturated rings. The van der Waals surface area contributed by atoms with E-state index >= 15 is 0 Å². The first kappa shape index (κ1) is 7.57. The van der Waals surface area contributed by atoms with Crippen molar-refractivity contribution in [2.75, 3.05) is 0 Å². The van der Waals surface area contributed by atoms with E-state index in [1.165, 1.54) is 0 Å². The van der Waals surface area contributed by atoms with E-state index in [1.807, 2.05) is 9.82 Å². The highest BCUT2D eigenvalue weighted by Crippen LogP contribution is 1.94. The fourth-order valence-corrected chi connectivity index (χ4v) is 0.346. The predicted octanol–water partition coefficient (Wildman–Crippen LogP) is 1.48. The summed E-state index contributed by atoms with van der Waals surface area (Å²) in [5.41, 5.74) is 15.2. The highest BCUT2D eigenvalue weighted by atomic mass is 32.2. The van der Waals surface area contributed by atoms with Gasteiger partial charge in [-0.2, -0.15) is 0 Å². The highest BCUT2D eigenvalue weighted by Gasteiger charge is 1.93. The zero-order valence-electron chi connectivity index (χ0n) is 4.00. The molecule has 0 saturated heterocycles. The maximum absolute atomic E-state index is 10.2. The summed E-state index contributed by atoms with van der Waals surface area (Å²) in [6.07, 6.45) is 0. The largest absolute Gasteiger partial charge is 0.241 e. The van der Waals surface area contributed by atoms with Gasteiger partial charge in [0.05, 0.1) is 0 Å². The smallest absolute Gasteiger partial charge is 0.216 e. The van der Waals surface area contributed by atoms with Crippen molar-refractivity contribution in [2.45, 2.75) is 0 Å². The number of hydrogen-bond acceptors (Lipinski definition) is 2. The van der Waals surface area contributed by atoms with E-state index in [9.17, 15) is 4.21 Å². The van der Waals surface area contributed by atoms with Crippen LogP contribution in [-0.2, 0) is 10.1 Å². The van der Waals surface area contributed by atoms with E-state index in [-0.39, 0.29) is 0 Å². The Kier molecular flexibility index (Phi) is 2.33. The second-order valence-electron chi connectivity index (χ2n) is 0.839. The van der Waals surface area contributed by atoms with Crippen LogP contribution in [-0.4, -0.2) is 4.21 Å². The Labute approximate surface area is 50.0 Å². The summed E-state index contributed by atoms with van der Waals surface area (Å²) in [6.45, 7) is 0. The van der Waals surface area contributed by atoms with Crippen molar-refractivity contribution in [2.24, 2.45) is 9.04 Å². The Hall–Kier alpha value is -1.43. The van der Waals surface area contributed by atoms with Gasteiger partial charge in [-0.05, 0) is 11.1 Å². The molecule has 0 radical (unpaired) electrons. The minimum atomic E-state index is -3.77. The van der Waals surface area contributed by atoms with Crippen LogP contribution in [0.4, 0.5) is 0 Å². The molecular formula is HN7OS. The first-order valence-corrected chi connectivity index (χ1v) is 3.01. The zero-order chi connectivity index (χ0) is 7.33. The summed E-state index contributed by atoms with van der Waals surface area (Å²) in [5.74, 6) is 0. The summed E-state index contributed by atoms with van der Waals surface area (Å²) < 4.78 is 21.4. The van der Waals surface area contributed by atoms with Gasteiger partial charge in [0.15, 0.2) is 0 Å². The van der Waals surface area contributed by atoms with Crippen LogP contribution in [0.2, 0.25) is 0 Å². The fourth-order valence-electron chi connectivity index (χ4n) is 0.115. The van der Waals surface area contributed by atoms with Gasteiger partial charge in [-0.3, -0.25) is 0 Å². The molecule has 8 nitrogen and oxygen atoms in total. The van der Waals surface area contributed by atoms with Crippen LogP contribution in [0, 0.1) is 4.78 Å². The van der Waals surface area contributed by atoms with Crippen molar-refractivity contribution in [1.29, 1.82) is 4.78 Å². The van der Waals surface area contributed by atoms with Gasteiger partial charge < -0.3 is 0 Å². The summed E-state index contributed by atoms with van der Waals surface area (Å²) in [6, 6.07) is 0. The molecular weight excluding hydrogens is 146 g/mol. The lowest BCUT2D eigenvalue weighted by molar-refractivity contribution is 0.677. The van der Waals surface area contributed by atoms with Gasteiger partial charge in [0.1, 0.15) is 0 Å². The summed E-state index contributed by atoms with van der Waals surface area (Å²) in [5, 5.41) is 0. The van der Waals surface area contributed by atoms with Gasteiger partial charge >= 0.3 is 0 Å². The predicted molar refractivity (Wildman–Crippen MR) is 29.2 cm³/mol. The normalized spacial score (nSPS) is 14.2. The monoisotopic (exact) mass is 147 g/mol. The van der Waals surface area contributed by atoms with E-state index in [2.05, 4.69) is 9.04 Å². The van der Waals surface area contributed by atoms with Crippen molar-refractivity contribution in [3.05, 3.63) is 20.9 Å².